The molecule has 128 valence electrons. The quantitative estimate of drug-likeness (QED) is 0.884. The van der Waals surface area contributed by atoms with Crippen molar-refractivity contribution in [1.82, 2.24) is 4.90 Å². The zero-order valence-electron chi connectivity index (χ0n) is 13.7. The lowest BCUT2D eigenvalue weighted by atomic mass is 10.1. The van der Waals surface area contributed by atoms with Crippen molar-refractivity contribution in [2.24, 2.45) is 0 Å². The van der Waals surface area contributed by atoms with E-state index < -0.39 is 0 Å². The molecule has 5 heteroatoms. The number of nitrogens with zero attached hydrogens (tertiary/aromatic N) is 1. The maximum Gasteiger partial charge on any atom is 0.138 e. The van der Waals surface area contributed by atoms with Crippen molar-refractivity contribution in [3.63, 3.8) is 0 Å². The standard InChI is InChI=1S/C19H22ClNO3/c1-23-18-7-6-15(22)12-14(18)13-21-10-8-16(9-11-21)24-19-5-3-2-4-17(19)20/h2-7,12,16,22H,8-11,13H2,1H3. The van der Waals surface area contributed by atoms with Gasteiger partial charge in [0.1, 0.15) is 23.4 Å². The van der Waals surface area contributed by atoms with Gasteiger partial charge in [0.05, 0.1) is 12.1 Å². The van der Waals surface area contributed by atoms with Gasteiger partial charge in [-0.1, -0.05) is 23.7 Å². The lowest BCUT2D eigenvalue weighted by molar-refractivity contribution is 0.0964. The SMILES string of the molecule is COc1ccc(O)cc1CN1CCC(Oc2ccccc2Cl)CC1. The first-order chi connectivity index (χ1) is 11.7. The lowest BCUT2D eigenvalue weighted by Crippen LogP contribution is -2.37. The van der Waals surface area contributed by atoms with Crippen molar-refractivity contribution in [1.29, 1.82) is 0 Å². The summed E-state index contributed by atoms with van der Waals surface area (Å²) in [6.07, 6.45) is 2.09. The molecule has 4 nitrogen and oxygen atoms in total. The predicted octanol–water partition coefficient (Wildman–Crippen LogP) is 4.10. The van der Waals surface area contributed by atoms with Gasteiger partial charge in [0, 0.05) is 25.2 Å². The number of ether oxygens (including phenoxy) is 2. The molecule has 24 heavy (non-hydrogen) atoms. The van der Waals surface area contributed by atoms with Crippen LogP contribution in [0.3, 0.4) is 0 Å². The molecule has 1 aliphatic heterocycles. The Kier molecular flexibility index (Phi) is 5.48. The minimum absolute atomic E-state index is 0.187. The molecule has 0 aliphatic carbocycles. The predicted molar refractivity (Wildman–Crippen MR) is 95.0 cm³/mol. The Hall–Kier alpha value is -1.91. The molecule has 1 saturated heterocycles. The topological polar surface area (TPSA) is 41.9 Å². The van der Waals surface area contributed by atoms with Crippen molar-refractivity contribution in [3.8, 4) is 17.2 Å². The molecular weight excluding hydrogens is 326 g/mol. The van der Waals surface area contributed by atoms with Crippen molar-refractivity contribution in [2.45, 2.75) is 25.5 Å². The average molecular weight is 348 g/mol. The summed E-state index contributed by atoms with van der Waals surface area (Å²) >= 11 is 6.15. The van der Waals surface area contributed by atoms with E-state index in [0.717, 1.165) is 49.5 Å². The van der Waals surface area contributed by atoms with Gasteiger partial charge in [0.2, 0.25) is 0 Å². The number of phenolic OH excluding ortho intramolecular Hbond substituents is 1. The van der Waals surface area contributed by atoms with Crippen LogP contribution in [0.2, 0.25) is 5.02 Å². The van der Waals surface area contributed by atoms with E-state index in [-0.39, 0.29) is 11.9 Å². The number of para-hydroxylation sites is 1. The molecule has 0 radical (unpaired) electrons. The molecule has 0 atom stereocenters. The molecule has 3 rings (SSSR count). The summed E-state index contributed by atoms with van der Waals surface area (Å²) in [7, 11) is 1.65. The van der Waals surface area contributed by atoms with Crippen LogP contribution in [0.15, 0.2) is 42.5 Å². The summed E-state index contributed by atoms with van der Waals surface area (Å²) in [6, 6.07) is 12.8. The number of phenols is 1. The highest BCUT2D eigenvalue weighted by atomic mass is 35.5. The summed E-state index contributed by atoms with van der Waals surface area (Å²) in [5.41, 5.74) is 1.00. The maximum atomic E-state index is 9.69. The Labute approximate surface area is 147 Å². The number of hydrogen-bond donors (Lipinski definition) is 1. The van der Waals surface area contributed by atoms with Crippen molar-refractivity contribution < 1.29 is 14.6 Å². The van der Waals surface area contributed by atoms with Crippen LogP contribution in [0.5, 0.6) is 17.2 Å². The van der Waals surface area contributed by atoms with E-state index >= 15 is 0 Å². The second-order valence-electron chi connectivity index (χ2n) is 6.02. The number of hydrogen-bond acceptors (Lipinski definition) is 4. The van der Waals surface area contributed by atoms with Gasteiger partial charge < -0.3 is 14.6 Å². The second kappa shape index (κ2) is 7.77. The van der Waals surface area contributed by atoms with E-state index in [2.05, 4.69) is 4.90 Å². The number of rotatable bonds is 5. The third-order valence-corrected chi connectivity index (χ3v) is 4.64. The van der Waals surface area contributed by atoms with Gasteiger partial charge in [-0.25, -0.2) is 0 Å². The number of piperidine rings is 1. The third kappa shape index (κ3) is 4.13. The van der Waals surface area contributed by atoms with Crippen LogP contribution in [-0.4, -0.2) is 36.3 Å². The summed E-state index contributed by atoms with van der Waals surface area (Å²) < 4.78 is 11.4. The van der Waals surface area contributed by atoms with Crippen LogP contribution in [0, 0.1) is 0 Å². The number of likely N-dealkylation sites (tertiary alicyclic amines) is 1. The molecule has 1 fully saturated rings. The molecule has 1 N–H and O–H groups in total. The highest BCUT2D eigenvalue weighted by Crippen LogP contribution is 2.28. The van der Waals surface area contributed by atoms with Crippen LogP contribution >= 0.6 is 11.6 Å². The van der Waals surface area contributed by atoms with Crippen LogP contribution in [0.4, 0.5) is 0 Å². The number of aromatic hydroxyl groups is 1. The summed E-state index contributed by atoms with van der Waals surface area (Å²) in [5.74, 6) is 1.83. The highest BCUT2D eigenvalue weighted by Gasteiger charge is 2.22. The van der Waals surface area contributed by atoms with E-state index in [1.54, 1.807) is 25.3 Å². The largest absolute Gasteiger partial charge is 0.508 e. The lowest BCUT2D eigenvalue weighted by Gasteiger charge is -2.32. The Morgan fingerprint density at radius 1 is 1.12 bits per heavy atom. The zero-order chi connectivity index (χ0) is 16.9. The normalized spacial score (nSPS) is 16.1. The van der Waals surface area contributed by atoms with Gasteiger partial charge in [0.25, 0.3) is 0 Å². The zero-order valence-corrected chi connectivity index (χ0v) is 14.5. The monoisotopic (exact) mass is 347 g/mol. The first-order valence-corrected chi connectivity index (χ1v) is 8.53. The molecule has 0 bridgehead atoms. The van der Waals surface area contributed by atoms with Gasteiger partial charge in [-0.05, 0) is 43.2 Å². The van der Waals surface area contributed by atoms with Crippen molar-refractivity contribution >= 4 is 11.6 Å². The van der Waals surface area contributed by atoms with Gasteiger partial charge in [-0.2, -0.15) is 0 Å². The first kappa shape index (κ1) is 16.9. The van der Waals surface area contributed by atoms with Crippen LogP contribution in [0.25, 0.3) is 0 Å². The van der Waals surface area contributed by atoms with Gasteiger partial charge >= 0.3 is 0 Å². The molecule has 1 heterocycles. The Morgan fingerprint density at radius 2 is 1.88 bits per heavy atom. The fourth-order valence-corrected chi connectivity index (χ4v) is 3.21. The molecule has 1 aliphatic rings. The van der Waals surface area contributed by atoms with Gasteiger partial charge in [-0.15, -0.1) is 0 Å². The number of benzene rings is 2. The molecular formula is C19H22ClNO3. The summed E-state index contributed by atoms with van der Waals surface area (Å²) in [4.78, 5) is 2.35. The number of methoxy groups -OCH3 is 1. The van der Waals surface area contributed by atoms with Crippen LogP contribution in [-0.2, 0) is 6.54 Å². The third-order valence-electron chi connectivity index (χ3n) is 4.32. The van der Waals surface area contributed by atoms with E-state index in [1.165, 1.54) is 0 Å². The molecule has 2 aromatic rings. The average Bonchev–Trinajstić information content (AvgIpc) is 2.59. The van der Waals surface area contributed by atoms with Crippen molar-refractivity contribution in [2.75, 3.05) is 20.2 Å². The van der Waals surface area contributed by atoms with Crippen LogP contribution in [0.1, 0.15) is 18.4 Å². The molecule has 0 aromatic heterocycles. The molecule has 0 spiro atoms. The maximum absolute atomic E-state index is 9.69. The van der Waals surface area contributed by atoms with E-state index in [1.807, 2.05) is 24.3 Å². The summed E-state index contributed by atoms with van der Waals surface area (Å²) in [5, 5.41) is 10.3. The van der Waals surface area contributed by atoms with E-state index in [9.17, 15) is 5.11 Å². The minimum Gasteiger partial charge on any atom is -0.508 e. The molecule has 2 aromatic carbocycles. The highest BCUT2D eigenvalue weighted by molar-refractivity contribution is 6.32. The Balaban J connectivity index is 1.56. The molecule has 0 amide bonds. The molecule has 0 unspecified atom stereocenters. The summed E-state index contributed by atoms with van der Waals surface area (Å²) in [6.45, 7) is 2.64. The second-order valence-corrected chi connectivity index (χ2v) is 6.43. The minimum atomic E-state index is 0.187. The van der Waals surface area contributed by atoms with Gasteiger partial charge in [-0.3, -0.25) is 4.90 Å². The first-order valence-electron chi connectivity index (χ1n) is 8.15. The number of halogens is 1. The van der Waals surface area contributed by atoms with E-state index in [0.29, 0.717) is 5.02 Å². The smallest absolute Gasteiger partial charge is 0.138 e. The fourth-order valence-electron chi connectivity index (χ4n) is 3.03. The Bertz CT molecular complexity index is 684. The van der Waals surface area contributed by atoms with Crippen molar-refractivity contribution in [3.05, 3.63) is 53.1 Å². The van der Waals surface area contributed by atoms with E-state index in [4.69, 9.17) is 21.1 Å². The van der Waals surface area contributed by atoms with Crippen LogP contribution < -0.4 is 9.47 Å². The Morgan fingerprint density at radius 3 is 2.58 bits per heavy atom. The van der Waals surface area contributed by atoms with Gasteiger partial charge in [0.15, 0.2) is 0 Å². The molecule has 0 saturated carbocycles. The fraction of sp³-hybridized carbons (Fsp3) is 0.368.